The first-order valence-electron chi connectivity index (χ1n) is 24.1. The van der Waals surface area contributed by atoms with Crippen molar-refractivity contribution in [1.82, 2.24) is 56.4 Å². The highest BCUT2D eigenvalue weighted by atomic mass is 16.5. The number of unbranched alkanes of at least 4 members (excludes halogenated alkanes) is 2. The molecule has 22 nitrogen and oxygen atoms in total. The van der Waals surface area contributed by atoms with Gasteiger partial charge in [0.2, 0.25) is 0 Å². The van der Waals surface area contributed by atoms with Gasteiger partial charge in [-0.15, -0.1) is 0 Å². The van der Waals surface area contributed by atoms with Crippen LogP contribution in [0.2, 0.25) is 0 Å². The second kappa shape index (κ2) is 34.3. The summed E-state index contributed by atoms with van der Waals surface area (Å²) in [6.07, 6.45) is 2.18. The Kier molecular flexibility index (Phi) is 29.0. The van der Waals surface area contributed by atoms with E-state index in [-0.39, 0.29) is 79.8 Å². The van der Waals surface area contributed by atoms with E-state index in [1.807, 2.05) is 11.9 Å². The molecule has 0 aliphatic carbocycles. The number of likely N-dealkylation sites (N-methyl/N-ethyl adjacent to an activating group) is 1. The third-order valence-corrected chi connectivity index (χ3v) is 11.9. The number of amides is 4. The number of aliphatic hydroxyl groups is 2. The fourth-order valence-electron chi connectivity index (χ4n) is 7.92. The van der Waals surface area contributed by atoms with E-state index in [1.54, 1.807) is 36.4 Å². The minimum absolute atomic E-state index is 0.114. The van der Waals surface area contributed by atoms with Crippen LogP contribution in [0.15, 0.2) is 36.4 Å². The molecule has 0 fully saturated rings. The standard InChI is InChI=1S/C47H80N12O10/c1-49-15-23-55(22-14-48)29-30-56-25-17-51-44(64)37-9-7-11-39(42(37)68-2)46(66)53-19-27-57(28-20-54-47(67)40-12-8-10-38(43(40)69-3)45(65)52-18-26-56)31-32-58(24-16-50-35-60)33-34-59(36-61)21-6-4-5-13-41(62)63/h7-12,49-50,60-61H,4-6,13-36,48H2,1-3H3,(H,51,64)(H,52,65)(H,53,66)(H,54,67)(H,62,63). The lowest BCUT2D eigenvalue weighted by Crippen LogP contribution is -2.45. The van der Waals surface area contributed by atoms with Gasteiger partial charge in [0.25, 0.3) is 23.6 Å². The second-order valence-corrected chi connectivity index (χ2v) is 16.7. The number of aliphatic carboxylic acids is 1. The van der Waals surface area contributed by atoms with E-state index >= 15 is 0 Å². The molecule has 0 unspecified atom stereocenters. The zero-order valence-corrected chi connectivity index (χ0v) is 41.1. The SMILES string of the molecule is CNCCN(CCN)CCN1CCNC(=O)c2cccc(c2OC)C(=O)NCCN(CCN(CCNCO)CCN(CO)CCCCCC(=O)O)CCNC(=O)c2cccc(c2OC)C(=O)NCC1. The molecule has 0 saturated heterocycles. The maximum absolute atomic E-state index is 13.8. The average Bonchev–Trinajstić information content (AvgIpc) is 3.35. The molecule has 2 aromatic carbocycles. The number of nitrogens with one attached hydrogen (secondary N) is 6. The van der Waals surface area contributed by atoms with Crippen LogP contribution in [0.25, 0.3) is 0 Å². The molecular weight excluding hydrogens is 893 g/mol. The lowest BCUT2D eigenvalue weighted by Gasteiger charge is -2.30. The zero-order chi connectivity index (χ0) is 50.2. The molecule has 388 valence electrons. The zero-order valence-electron chi connectivity index (χ0n) is 41.1. The molecule has 2 aromatic rings. The number of hydrogen-bond acceptors (Lipinski definition) is 17. The van der Waals surface area contributed by atoms with Crippen LogP contribution in [0.5, 0.6) is 11.5 Å². The minimum Gasteiger partial charge on any atom is -0.495 e. The molecule has 22 heteroatoms. The summed E-state index contributed by atoms with van der Waals surface area (Å²) in [5.41, 5.74) is 6.73. The number of carboxylic acid groups (broad SMARTS) is 1. The maximum atomic E-state index is 13.8. The number of aliphatic hydroxyl groups excluding tert-OH is 2. The highest BCUT2D eigenvalue weighted by molar-refractivity contribution is 6.05. The van der Waals surface area contributed by atoms with E-state index in [0.29, 0.717) is 105 Å². The van der Waals surface area contributed by atoms with E-state index in [4.69, 9.17) is 20.3 Å². The van der Waals surface area contributed by atoms with Gasteiger partial charge in [0.05, 0.1) is 49.9 Å². The molecule has 0 saturated carbocycles. The van der Waals surface area contributed by atoms with Crippen LogP contribution in [-0.4, -0.2) is 242 Å². The Labute approximate surface area is 407 Å². The van der Waals surface area contributed by atoms with Crippen molar-refractivity contribution in [2.24, 2.45) is 5.73 Å². The Morgan fingerprint density at radius 2 is 1.06 bits per heavy atom. The lowest BCUT2D eigenvalue weighted by atomic mass is 10.1. The highest BCUT2D eigenvalue weighted by Gasteiger charge is 2.23. The van der Waals surface area contributed by atoms with Crippen LogP contribution < -0.4 is 47.1 Å². The van der Waals surface area contributed by atoms with Crippen molar-refractivity contribution in [2.45, 2.75) is 25.7 Å². The van der Waals surface area contributed by atoms with E-state index in [9.17, 15) is 34.2 Å². The number of carbonyl (C=O) groups excluding carboxylic acids is 4. The first-order chi connectivity index (χ1) is 33.5. The Balaban J connectivity index is 1.86. The van der Waals surface area contributed by atoms with Crippen molar-refractivity contribution in [3.8, 4) is 11.5 Å². The summed E-state index contributed by atoms with van der Waals surface area (Å²) >= 11 is 0. The monoisotopic (exact) mass is 973 g/mol. The van der Waals surface area contributed by atoms with E-state index in [0.717, 1.165) is 25.9 Å². The van der Waals surface area contributed by atoms with Gasteiger partial charge in [-0.25, -0.2) is 0 Å². The first-order valence-corrected chi connectivity index (χ1v) is 24.1. The number of nitrogens with zero attached hydrogens (tertiary/aromatic N) is 5. The van der Waals surface area contributed by atoms with Crippen LogP contribution in [0, 0.1) is 0 Å². The fraction of sp³-hybridized carbons (Fsp3) is 0.638. The smallest absolute Gasteiger partial charge is 0.303 e. The number of hydrogen-bond donors (Lipinski definition) is 10. The molecule has 4 bridgehead atoms. The highest BCUT2D eigenvalue weighted by Crippen LogP contribution is 2.25. The van der Waals surface area contributed by atoms with Gasteiger partial charge in [0.15, 0.2) is 0 Å². The normalized spacial score (nSPS) is 15.4. The van der Waals surface area contributed by atoms with Crippen molar-refractivity contribution >= 4 is 29.6 Å². The number of ether oxygens (including phenoxy) is 2. The quantitative estimate of drug-likeness (QED) is 0.0348. The van der Waals surface area contributed by atoms with Crippen LogP contribution in [0.4, 0.5) is 0 Å². The fourth-order valence-corrected chi connectivity index (χ4v) is 7.92. The molecule has 4 amide bonds. The van der Waals surface area contributed by atoms with Crippen LogP contribution in [0.3, 0.4) is 0 Å². The Bertz CT molecular complexity index is 1750. The third kappa shape index (κ3) is 21.7. The van der Waals surface area contributed by atoms with Crippen molar-refractivity contribution < 1.29 is 48.8 Å². The van der Waals surface area contributed by atoms with Gasteiger partial charge < -0.3 is 57.1 Å². The number of fused-ring (bicyclic) bond motifs is 4. The molecule has 0 aromatic heterocycles. The molecule has 0 atom stereocenters. The van der Waals surface area contributed by atoms with Crippen LogP contribution >= 0.6 is 0 Å². The molecule has 69 heavy (non-hydrogen) atoms. The van der Waals surface area contributed by atoms with E-state index in [1.165, 1.54) is 14.2 Å². The van der Waals surface area contributed by atoms with E-state index < -0.39 is 29.6 Å². The van der Waals surface area contributed by atoms with Crippen LogP contribution in [0.1, 0.15) is 67.1 Å². The van der Waals surface area contributed by atoms with Crippen molar-refractivity contribution in [3.05, 3.63) is 58.7 Å². The second-order valence-electron chi connectivity index (χ2n) is 16.7. The first kappa shape index (κ1) is 58.3. The molecular formula is C47H80N12O10. The molecule has 3 rings (SSSR count). The number of carboxylic acids is 1. The van der Waals surface area contributed by atoms with Crippen molar-refractivity contribution in [3.63, 3.8) is 0 Å². The number of rotatable bonds is 27. The summed E-state index contributed by atoms with van der Waals surface area (Å²) in [6, 6.07) is 9.70. The van der Waals surface area contributed by atoms with Crippen molar-refractivity contribution in [1.29, 1.82) is 0 Å². The van der Waals surface area contributed by atoms with Gasteiger partial charge in [-0.2, -0.15) is 0 Å². The molecule has 0 radical (unpaired) electrons. The predicted molar refractivity (Wildman–Crippen MR) is 264 cm³/mol. The van der Waals surface area contributed by atoms with Gasteiger partial charge >= 0.3 is 5.97 Å². The summed E-state index contributed by atoms with van der Waals surface area (Å²) in [5, 5.41) is 46.5. The summed E-state index contributed by atoms with van der Waals surface area (Å²) in [6.45, 7) is 10.5. The van der Waals surface area contributed by atoms with Gasteiger partial charge in [-0.3, -0.25) is 53.8 Å². The van der Waals surface area contributed by atoms with E-state index in [2.05, 4.69) is 51.5 Å². The predicted octanol–water partition coefficient (Wildman–Crippen LogP) is -1.84. The van der Waals surface area contributed by atoms with Crippen molar-refractivity contribution in [2.75, 3.05) is 172 Å². The third-order valence-electron chi connectivity index (χ3n) is 11.9. The summed E-state index contributed by atoms with van der Waals surface area (Å²) < 4.78 is 11.3. The Morgan fingerprint density at radius 1 is 0.623 bits per heavy atom. The average molecular weight is 973 g/mol. The number of benzene rings is 2. The number of nitrogens with two attached hydrogens (primary N) is 1. The molecule has 0 spiro atoms. The topological polar surface area (TPSA) is 279 Å². The molecule has 1 aliphatic heterocycles. The Hall–Kier alpha value is -5.01. The molecule has 11 N–H and O–H groups in total. The van der Waals surface area contributed by atoms with Gasteiger partial charge in [0.1, 0.15) is 11.5 Å². The Morgan fingerprint density at radius 3 is 1.45 bits per heavy atom. The van der Waals surface area contributed by atoms with Gasteiger partial charge in [0, 0.05) is 144 Å². The summed E-state index contributed by atoms with van der Waals surface area (Å²) in [7, 11) is 4.73. The maximum Gasteiger partial charge on any atom is 0.303 e. The molecule has 1 aliphatic rings. The minimum atomic E-state index is -0.824. The largest absolute Gasteiger partial charge is 0.495 e. The van der Waals surface area contributed by atoms with Gasteiger partial charge in [-0.05, 0) is 44.2 Å². The van der Waals surface area contributed by atoms with Gasteiger partial charge in [-0.1, -0.05) is 18.6 Å². The van der Waals surface area contributed by atoms with Crippen LogP contribution in [-0.2, 0) is 4.79 Å². The number of carbonyl (C=O) groups is 5. The molecule has 1 heterocycles. The number of para-hydroxylation sites is 2. The lowest BCUT2D eigenvalue weighted by molar-refractivity contribution is -0.137. The summed E-state index contributed by atoms with van der Waals surface area (Å²) in [5.74, 6) is -2.19. The number of methoxy groups -OCH3 is 2. The summed E-state index contributed by atoms with van der Waals surface area (Å²) in [4.78, 5) is 76.4.